The van der Waals surface area contributed by atoms with Crippen molar-refractivity contribution in [1.82, 2.24) is 0 Å². The second-order valence-corrected chi connectivity index (χ2v) is 9.00. The maximum absolute atomic E-state index is 5.90. The van der Waals surface area contributed by atoms with Crippen LogP contribution in [0.3, 0.4) is 0 Å². The Morgan fingerprint density at radius 2 is 2.00 bits per heavy atom. The molecule has 0 amide bonds. The third-order valence-electron chi connectivity index (χ3n) is 1.84. The van der Waals surface area contributed by atoms with Crippen LogP contribution in [0.4, 0.5) is 0 Å². The summed E-state index contributed by atoms with van der Waals surface area (Å²) in [6.07, 6.45) is 1.13. The maximum Gasteiger partial charge on any atom is 0.193 e. The van der Waals surface area contributed by atoms with Crippen molar-refractivity contribution >= 4 is 16.3 Å². The first kappa shape index (κ1) is 11.9. The Bertz CT molecular complexity index is 164. The van der Waals surface area contributed by atoms with Crippen molar-refractivity contribution in [1.29, 1.82) is 0 Å². The van der Waals surface area contributed by atoms with Gasteiger partial charge in [0.15, 0.2) is 8.06 Å². The first-order valence-electron chi connectivity index (χ1n) is 4.75. The van der Waals surface area contributed by atoms with Gasteiger partial charge in [-0.25, -0.2) is 0 Å². The number of hydrogen-bond acceptors (Lipinski definition) is 2. The Hall–Kier alpha value is 0.780. The van der Waals surface area contributed by atoms with Crippen LogP contribution in [-0.4, -0.2) is 17.4 Å². The summed E-state index contributed by atoms with van der Waals surface area (Å²) in [6.45, 7) is 11.7. The zero-order chi connectivity index (χ0) is 10.1. The second kappa shape index (κ2) is 4.11. The highest BCUT2D eigenvalue weighted by Crippen LogP contribution is 2.70. The number of rotatable bonds is 2. The van der Waals surface area contributed by atoms with E-state index in [0.717, 1.165) is 21.3 Å². The fourth-order valence-electron chi connectivity index (χ4n) is 1.81. The lowest BCUT2D eigenvalue weighted by molar-refractivity contribution is 0.0830. The highest BCUT2D eigenvalue weighted by molar-refractivity contribution is 8.17. The molecule has 0 aliphatic carbocycles. The zero-order valence-electron chi connectivity index (χ0n) is 9.18. The van der Waals surface area contributed by atoms with Gasteiger partial charge in [0, 0.05) is 0 Å². The standard InChI is InChI=1S/C9H20O2P2/c1-6-10-13-11-8(2,3)7-9(4,5)12-13/h12H,6-7H2,1-5H3. The van der Waals surface area contributed by atoms with Gasteiger partial charge in [-0.15, -0.1) is 0 Å². The summed E-state index contributed by atoms with van der Waals surface area (Å²) < 4.78 is 11.5. The molecule has 1 heterocycles. The van der Waals surface area contributed by atoms with Gasteiger partial charge in [-0.3, -0.25) is 0 Å². The van der Waals surface area contributed by atoms with Crippen molar-refractivity contribution in [3.05, 3.63) is 0 Å². The van der Waals surface area contributed by atoms with Crippen molar-refractivity contribution in [2.24, 2.45) is 0 Å². The summed E-state index contributed by atoms with van der Waals surface area (Å²) in [5.74, 6) is 0. The molecule has 2 unspecified atom stereocenters. The van der Waals surface area contributed by atoms with E-state index >= 15 is 0 Å². The molecule has 0 N–H and O–H groups in total. The van der Waals surface area contributed by atoms with Crippen LogP contribution in [-0.2, 0) is 9.05 Å². The van der Waals surface area contributed by atoms with Gasteiger partial charge in [0.25, 0.3) is 0 Å². The van der Waals surface area contributed by atoms with E-state index in [2.05, 4.69) is 27.7 Å². The summed E-state index contributed by atoms with van der Waals surface area (Å²) in [6, 6.07) is 0. The molecular weight excluding hydrogens is 202 g/mol. The van der Waals surface area contributed by atoms with Crippen LogP contribution in [0, 0.1) is 0 Å². The lowest BCUT2D eigenvalue weighted by Crippen LogP contribution is -2.34. The summed E-state index contributed by atoms with van der Waals surface area (Å²) in [4.78, 5) is 0. The smallest absolute Gasteiger partial charge is 0.193 e. The normalized spacial score (nSPS) is 33.5. The molecule has 1 rings (SSSR count). The van der Waals surface area contributed by atoms with E-state index in [1.807, 2.05) is 6.92 Å². The lowest BCUT2D eigenvalue weighted by atomic mass is 9.96. The van der Waals surface area contributed by atoms with Crippen LogP contribution >= 0.6 is 16.3 Å². The Kier molecular flexibility index (Phi) is 3.74. The summed E-state index contributed by atoms with van der Waals surface area (Å²) in [5, 5.41) is 0.391. The molecule has 0 aromatic carbocycles. The van der Waals surface area contributed by atoms with Gasteiger partial charge in [0.05, 0.1) is 12.2 Å². The Balaban J connectivity index is 2.61. The molecule has 1 saturated heterocycles. The Morgan fingerprint density at radius 3 is 2.46 bits per heavy atom. The predicted molar refractivity (Wildman–Crippen MR) is 60.7 cm³/mol. The molecule has 4 heteroatoms. The van der Waals surface area contributed by atoms with E-state index < -0.39 is 8.06 Å². The molecule has 1 aliphatic rings. The third kappa shape index (κ3) is 3.80. The van der Waals surface area contributed by atoms with Gasteiger partial charge in [-0.1, -0.05) is 13.8 Å². The van der Waals surface area contributed by atoms with E-state index in [-0.39, 0.29) is 5.60 Å². The molecule has 13 heavy (non-hydrogen) atoms. The van der Waals surface area contributed by atoms with Gasteiger partial charge in [-0.05, 0) is 40.6 Å². The Morgan fingerprint density at radius 1 is 1.38 bits per heavy atom. The average Bonchev–Trinajstić information content (AvgIpc) is 1.78. The molecule has 0 saturated carbocycles. The molecular formula is C9H20O2P2. The van der Waals surface area contributed by atoms with Crippen LogP contribution < -0.4 is 0 Å². The topological polar surface area (TPSA) is 18.5 Å². The largest absolute Gasteiger partial charge is 0.331 e. The van der Waals surface area contributed by atoms with E-state index in [0.29, 0.717) is 5.16 Å². The maximum atomic E-state index is 5.90. The molecule has 78 valence electrons. The van der Waals surface area contributed by atoms with E-state index in [9.17, 15) is 0 Å². The van der Waals surface area contributed by atoms with E-state index in [4.69, 9.17) is 9.05 Å². The molecule has 2 atom stereocenters. The monoisotopic (exact) mass is 222 g/mol. The minimum atomic E-state index is -0.620. The molecule has 1 aliphatic heterocycles. The zero-order valence-corrected chi connectivity index (χ0v) is 11.1. The van der Waals surface area contributed by atoms with Gasteiger partial charge in [-0.2, -0.15) is 0 Å². The van der Waals surface area contributed by atoms with Crippen molar-refractivity contribution < 1.29 is 9.05 Å². The quantitative estimate of drug-likeness (QED) is 0.659. The van der Waals surface area contributed by atoms with Crippen LogP contribution in [0.5, 0.6) is 0 Å². The molecule has 1 fully saturated rings. The van der Waals surface area contributed by atoms with Gasteiger partial charge < -0.3 is 9.05 Å². The van der Waals surface area contributed by atoms with Crippen LogP contribution in [0.2, 0.25) is 0 Å². The van der Waals surface area contributed by atoms with Gasteiger partial charge >= 0.3 is 0 Å². The van der Waals surface area contributed by atoms with Crippen molar-refractivity contribution in [2.45, 2.75) is 51.8 Å². The highest BCUT2D eigenvalue weighted by Gasteiger charge is 2.40. The third-order valence-corrected chi connectivity index (χ3v) is 6.98. The van der Waals surface area contributed by atoms with Crippen molar-refractivity contribution in [3.63, 3.8) is 0 Å². The molecule has 0 spiro atoms. The minimum absolute atomic E-state index is 0.00434. The summed E-state index contributed by atoms with van der Waals surface area (Å²) in [5.41, 5.74) is -0.00434. The average molecular weight is 222 g/mol. The molecule has 0 bridgehead atoms. The first-order chi connectivity index (χ1) is 5.85. The second-order valence-electron chi connectivity index (χ2n) is 4.70. The minimum Gasteiger partial charge on any atom is -0.331 e. The van der Waals surface area contributed by atoms with Crippen LogP contribution in [0.15, 0.2) is 0 Å². The first-order valence-corrected chi connectivity index (χ1v) is 7.76. The van der Waals surface area contributed by atoms with E-state index in [1.165, 1.54) is 0 Å². The molecule has 0 radical (unpaired) electrons. The van der Waals surface area contributed by atoms with Gasteiger partial charge in [0.1, 0.15) is 0 Å². The lowest BCUT2D eigenvalue weighted by Gasteiger charge is -2.43. The van der Waals surface area contributed by atoms with Crippen molar-refractivity contribution in [2.75, 3.05) is 6.61 Å². The number of hydrogen-bond donors (Lipinski definition) is 0. The fraction of sp³-hybridized carbons (Fsp3) is 1.00. The molecule has 0 aromatic rings. The van der Waals surface area contributed by atoms with Gasteiger partial charge in [0.2, 0.25) is 0 Å². The van der Waals surface area contributed by atoms with Crippen molar-refractivity contribution in [3.8, 4) is 0 Å². The summed E-state index contributed by atoms with van der Waals surface area (Å²) in [7, 11) is 0.193. The Labute approximate surface area is 84.4 Å². The van der Waals surface area contributed by atoms with Crippen LogP contribution in [0.1, 0.15) is 41.0 Å². The summed E-state index contributed by atoms with van der Waals surface area (Å²) >= 11 is 0. The molecule has 0 aromatic heterocycles. The molecule has 2 nitrogen and oxygen atoms in total. The fourth-order valence-corrected chi connectivity index (χ4v) is 6.90. The van der Waals surface area contributed by atoms with E-state index in [1.54, 1.807) is 0 Å². The highest BCUT2D eigenvalue weighted by atomic mass is 32.1. The van der Waals surface area contributed by atoms with Crippen LogP contribution in [0.25, 0.3) is 0 Å². The predicted octanol–water partition coefficient (Wildman–Crippen LogP) is 3.91. The SMILES string of the molecule is CCOP1OC(C)(C)CC(C)(C)P1.